The van der Waals surface area contributed by atoms with Gasteiger partial charge in [0.15, 0.2) is 5.96 Å². The van der Waals surface area contributed by atoms with Crippen LogP contribution in [0.2, 0.25) is 0 Å². The van der Waals surface area contributed by atoms with E-state index in [2.05, 4.69) is 54.6 Å². The molecule has 2 rings (SSSR count). The van der Waals surface area contributed by atoms with Gasteiger partial charge >= 0.3 is 0 Å². The van der Waals surface area contributed by atoms with Crippen molar-refractivity contribution < 1.29 is 0 Å². The van der Waals surface area contributed by atoms with Crippen molar-refractivity contribution in [1.82, 2.24) is 5.32 Å². The van der Waals surface area contributed by atoms with Gasteiger partial charge in [-0.05, 0) is 63.6 Å². The zero-order valence-electron chi connectivity index (χ0n) is 13.5. The molecular formula is C17H28N4. The van der Waals surface area contributed by atoms with Crippen molar-refractivity contribution in [3.05, 3.63) is 29.3 Å². The third kappa shape index (κ3) is 5.05. The molecule has 0 spiro atoms. The summed E-state index contributed by atoms with van der Waals surface area (Å²) in [5.41, 5.74) is 10.1. The predicted molar refractivity (Wildman–Crippen MR) is 91.0 cm³/mol. The van der Waals surface area contributed by atoms with E-state index in [9.17, 15) is 0 Å². The van der Waals surface area contributed by atoms with Gasteiger partial charge in [0.2, 0.25) is 0 Å². The summed E-state index contributed by atoms with van der Waals surface area (Å²) in [7, 11) is 0. The van der Waals surface area contributed by atoms with Gasteiger partial charge in [0.05, 0.1) is 6.54 Å². The zero-order chi connectivity index (χ0) is 15.3. The summed E-state index contributed by atoms with van der Waals surface area (Å²) in [5, 5.41) is 6.67. The lowest BCUT2D eigenvalue weighted by Crippen LogP contribution is -2.37. The van der Waals surface area contributed by atoms with Crippen molar-refractivity contribution in [2.75, 3.05) is 18.4 Å². The molecule has 0 amide bonds. The molecule has 0 aromatic heterocycles. The molecule has 4 heteroatoms. The van der Waals surface area contributed by atoms with Crippen molar-refractivity contribution in [2.45, 2.75) is 52.0 Å². The van der Waals surface area contributed by atoms with Gasteiger partial charge < -0.3 is 16.4 Å². The number of nitrogens with zero attached hydrogens (tertiary/aromatic N) is 1. The summed E-state index contributed by atoms with van der Waals surface area (Å²) >= 11 is 0. The first kappa shape index (κ1) is 15.8. The second-order valence-corrected chi connectivity index (χ2v) is 6.72. The Morgan fingerprint density at radius 1 is 1.24 bits per heavy atom. The highest BCUT2D eigenvalue weighted by molar-refractivity contribution is 5.93. The molecule has 21 heavy (non-hydrogen) atoms. The van der Waals surface area contributed by atoms with Crippen LogP contribution < -0.4 is 16.4 Å². The van der Waals surface area contributed by atoms with Crippen molar-refractivity contribution >= 4 is 11.6 Å². The number of hydrogen-bond donors (Lipinski definition) is 3. The molecule has 4 N–H and O–H groups in total. The summed E-state index contributed by atoms with van der Waals surface area (Å²) in [4.78, 5) is 4.39. The van der Waals surface area contributed by atoms with Crippen molar-refractivity contribution in [2.24, 2.45) is 10.7 Å². The number of fused-ring (bicyclic) bond motifs is 1. The van der Waals surface area contributed by atoms with Crippen molar-refractivity contribution in [3.8, 4) is 0 Å². The second kappa shape index (κ2) is 6.94. The molecule has 1 aliphatic carbocycles. The standard InChI is InChI=1S/C17H28N4/c1-17(2,3)20-12-11-19-16(18)21-15-10-6-8-13-7-4-5-9-14(13)15/h6,8,10,20H,4-5,7,9,11-12H2,1-3H3,(H3,18,19,21). The Hall–Kier alpha value is -1.55. The normalized spacial score (nSPS) is 15.7. The van der Waals surface area contributed by atoms with E-state index in [4.69, 9.17) is 5.73 Å². The smallest absolute Gasteiger partial charge is 0.193 e. The van der Waals surface area contributed by atoms with Gasteiger partial charge in [-0.3, -0.25) is 4.99 Å². The van der Waals surface area contributed by atoms with Crippen LogP contribution in [-0.4, -0.2) is 24.6 Å². The minimum atomic E-state index is 0.121. The van der Waals surface area contributed by atoms with Crippen LogP contribution in [0.4, 0.5) is 5.69 Å². The largest absolute Gasteiger partial charge is 0.370 e. The number of hydrogen-bond acceptors (Lipinski definition) is 2. The van der Waals surface area contributed by atoms with Gasteiger partial charge in [-0.15, -0.1) is 0 Å². The molecule has 1 aromatic rings. The van der Waals surface area contributed by atoms with Gasteiger partial charge in [-0.25, -0.2) is 0 Å². The first-order valence-electron chi connectivity index (χ1n) is 7.88. The van der Waals surface area contributed by atoms with E-state index >= 15 is 0 Å². The molecular weight excluding hydrogens is 260 g/mol. The van der Waals surface area contributed by atoms with Gasteiger partial charge in [-0.1, -0.05) is 12.1 Å². The highest BCUT2D eigenvalue weighted by Crippen LogP contribution is 2.27. The molecule has 116 valence electrons. The Morgan fingerprint density at radius 2 is 2.00 bits per heavy atom. The summed E-state index contributed by atoms with van der Waals surface area (Å²) in [6.07, 6.45) is 4.87. The summed E-state index contributed by atoms with van der Waals surface area (Å²) < 4.78 is 0. The third-order valence-electron chi connectivity index (χ3n) is 3.71. The number of nitrogens with one attached hydrogen (secondary N) is 2. The first-order valence-corrected chi connectivity index (χ1v) is 7.88. The molecule has 1 aromatic carbocycles. The van der Waals surface area contributed by atoms with Crippen LogP contribution >= 0.6 is 0 Å². The van der Waals surface area contributed by atoms with Crippen molar-refractivity contribution in [3.63, 3.8) is 0 Å². The number of nitrogens with two attached hydrogens (primary N) is 1. The molecule has 0 saturated heterocycles. The molecule has 0 radical (unpaired) electrons. The van der Waals surface area contributed by atoms with E-state index in [1.165, 1.54) is 30.4 Å². The van der Waals surface area contributed by atoms with E-state index in [1.54, 1.807) is 0 Å². The van der Waals surface area contributed by atoms with E-state index in [0.717, 1.165) is 18.7 Å². The Kier molecular flexibility index (Phi) is 5.23. The van der Waals surface area contributed by atoms with Gasteiger partial charge in [0.1, 0.15) is 0 Å². The molecule has 0 saturated carbocycles. The van der Waals surface area contributed by atoms with Crippen LogP contribution in [0.3, 0.4) is 0 Å². The number of rotatable bonds is 4. The predicted octanol–water partition coefficient (Wildman–Crippen LogP) is 2.68. The lowest BCUT2D eigenvalue weighted by atomic mass is 9.90. The van der Waals surface area contributed by atoms with Crippen LogP contribution in [-0.2, 0) is 12.8 Å². The first-order chi connectivity index (χ1) is 9.96. The topological polar surface area (TPSA) is 62.4 Å². The Labute approximate surface area is 128 Å². The number of guanidine groups is 1. The minimum Gasteiger partial charge on any atom is -0.370 e. The molecule has 0 unspecified atom stereocenters. The van der Waals surface area contributed by atoms with Crippen LogP contribution in [0.1, 0.15) is 44.7 Å². The summed E-state index contributed by atoms with van der Waals surface area (Å²) in [5.74, 6) is 0.504. The van der Waals surface area contributed by atoms with Crippen molar-refractivity contribution in [1.29, 1.82) is 0 Å². The van der Waals surface area contributed by atoms with Crippen LogP contribution in [0, 0.1) is 0 Å². The Balaban J connectivity index is 1.92. The summed E-state index contributed by atoms with van der Waals surface area (Å²) in [6, 6.07) is 6.42. The van der Waals surface area contributed by atoms with Gasteiger partial charge in [0, 0.05) is 17.8 Å². The fraction of sp³-hybridized carbons (Fsp3) is 0.588. The minimum absolute atomic E-state index is 0.121. The number of anilines is 1. The molecule has 1 aliphatic rings. The Bertz CT molecular complexity index is 500. The SMILES string of the molecule is CC(C)(C)NCCN=C(N)Nc1cccc2c1CCCC2. The lowest BCUT2D eigenvalue weighted by Gasteiger charge is -2.20. The number of aliphatic imine (C=N–C) groups is 1. The fourth-order valence-corrected chi connectivity index (χ4v) is 2.68. The quantitative estimate of drug-likeness (QED) is 0.453. The highest BCUT2D eigenvalue weighted by Gasteiger charge is 2.13. The summed E-state index contributed by atoms with van der Waals surface area (Å²) in [6.45, 7) is 7.96. The van der Waals surface area contributed by atoms with Gasteiger partial charge in [-0.2, -0.15) is 0 Å². The monoisotopic (exact) mass is 288 g/mol. The fourth-order valence-electron chi connectivity index (χ4n) is 2.68. The molecule has 0 fully saturated rings. The molecule has 0 bridgehead atoms. The average molecular weight is 288 g/mol. The molecule has 0 aliphatic heterocycles. The van der Waals surface area contributed by atoms with Crippen LogP contribution in [0.5, 0.6) is 0 Å². The number of aryl methyl sites for hydroxylation is 1. The maximum Gasteiger partial charge on any atom is 0.193 e. The lowest BCUT2D eigenvalue weighted by molar-refractivity contribution is 0.433. The van der Waals surface area contributed by atoms with Crippen LogP contribution in [0.25, 0.3) is 0 Å². The zero-order valence-corrected chi connectivity index (χ0v) is 13.5. The maximum atomic E-state index is 6.00. The van der Waals surface area contributed by atoms with E-state index < -0.39 is 0 Å². The average Bonchev–Trinajstić information content (AvgIpc) is 2.43. The Morgan fingerprint density at radius 3 is 2.76 bits per heavy atom. The molecule has 4 nitrogen and oxygen atoms in total. The van der Waals surface area contributed by atoms with Crippen LogP contribution in [0.15, 0.2) is 23.2 Å². The molecule has 0 heterocycles. The number of benzene rings is 1. The van der Waals surface area contributed by atoms with Gasteiger partial charge in [0.25, 0.3) is 0 Å². The molecule has 0 atom stereocenters. The second-order valence-electron chi connectivity index (χ2n) is 6.72. The third-order valence-corrected chi connectivity index (χ3v) is 3.71. The van der Waals surface area contributed by atoms with E-state index in [1.807, 2.05) is 0 Å². The van der Waals surface area contributed by atoms with E-state index in [-0.39, 0.29) is 5.54 Å². The highest BCUT2D eigenvalue weighted by atomic mass is 15.1. The van der Waals surface area contributed by atoms with E-state index in [0.29, 0.717) is 12.5 Å². The maximum absolute atomic E-state index is 6.00.